The van der Waals surface area contributed by atoms with Crippen LogP contribution in [0.25, 0.3) is 5.78 Å². The Morgan fingerprint density at radius 2 is 2.12 bits per heavy atom. The molecule has 2 heterocycles. The number of aryl methyl sites for hydroxylation is 2. The lowest BCUT2D eigenvalue weighted by Crippen LogP contribution is -2.25. The van der Waals surface area contributed by atoms with Gasteiger partial charge in [0, 0.05) is 25.4 Å². The van der Waals surface area contributed by atoms with Gasteiger partial charge in [0.1, 0.15) is 12.1 Å². The number of nitrogens with zero attached hydrogens (tertiary/aromatic N) is 4. The van der Waals surface area contributed by atoms with Crippen molar-refractivity contribution in [2.24, 2.45) is 0 Å². The molecule has 1 aromatic carbocycles. The molecule has 0 aliphatic carbocycles. The summed E-state index contributed by atoms with van der Waals surface area (Å²) in [7, 11) is 0. The zero-order valence-corrected chi connectivity index (χ0v) is 14.9. The van der Waals surface area contributed by atoms with Crippen molar-refractivity contribution in [3.05, 3.63) is 54.1 Å². The predicted molar refractivity (Wildman–Crippen MR) is 98.0 cm³/mol. The van der Waals surface area contributed by atoms with Crippen LogP contribution in [0.15, 0.2) is 43.0 Å². The summed E-state index contributed by atoms with van der Waals surface area (Å²) in [6.07, 6.45) is 8.01. The molecule has 2 aromatic heterocycles. The summed E-state index contributed by atoms with van der Waals surface area (Å²) in [5.74, 6) is 1.51. The van der Waals surface area contributed by atoms with Gasteiger partial charge in [-0.05, 0) is 43.4 Å². The lowest BCUT2D eigenvalue weighted by molar-refractivity contribution is -0.121. The lowest BCUT2D eigenvalue weighted by Gasteiger charge is -2.10. The highest BCUT2D eigenvalue weighted by molar-refractivity contribution is 5.76. The number of nitrogens with one attached hydrogen (secondary N) is 1. The third-order valence-corrected chi connectivity index (χ3v) is 4.05. The van der Waals surface area contributed by atoms with Gasteiger partial charge in [-0.3, -0.25) is 4.79 Å². The molecule has 7 nitrogen and oxygen atoms in total. The van der Waals surface area contributed by atoms with Crippen LogP contribution in [0, 0.1) is 0 Å². The van der Waals surface area contributed by atoms with Crippen LogP contribution in [0.5, 0.6) is 5.75 Å². The smallest absolute Gasteiger partial charge is 0.252 e. The third kappa shape index (κ3) is 4.78. The van der Waals surface area contributed by atoms with Crippen LogP contribution in [0.2, 0.25) is 0 Å². The summed E-state index contributed by atoms with van der Waals surface area (Å²) >= 11 is 0. The Morgan fingerprint density at radius 3 is 3.00 bits per heavy atom. The number of hydrogen-bond acceptors (Lipinski definition) is 5. The summed E-state index contributed by atoms with van der Waals surface area (Å²) in [6, 6.07) is 7.86. The zero-order valence-electron chi connectivity index (χ0n) is 14.9. The Bertz CT molecular complexity index is 862. The van der Waals surface area contributed by atoms with Crippen molar-refractivity contribution >= 4 is 11.7 Å². The minimum Gasteiger partial charge on any atom is -0.494 e. The number of para-hydroxylation sites is 1. The number of amides is 1. The van der Waals surface area contributed by atoms with E-state index in [1.807, 2.05) is 37.4 Å². The second kappa shape index (κ2) is 8.94. The van der Waals surface area contributed by atoms with Gasteiger partial charge in [-0.1, -0.05) is 18.2 Å². The van der Waals surface area contributed by atoms with Crippen LogP contribution >= 0.6 is 0 Å². The molecule has 3 rings (SSSR count). The SMILES string of the molecule is CCOc1ccccc1CCC(=O)NCCCc1cnc2ncnn2c1. The fourth-order valence-electron chi connectivity index (χ4n) is 2.75. The normalized spacial score (nSPS) is 10.8. The number of aromatic nitrogens is 4. The lowest BCUT2D eigenvalue weighted by atomic mass is 10.1. The van der Waals surface area contributed by atoms with E-state index < -0.39 is 0 Å². The summed E-state index contributed by atoms with van der Waals surface area (Å²) in [4.78, 5) is 20.3. The van der Waals surface area contributed by atoms with E-state index in [1.165, 1.54) is 6.33 Å². The van der Waals surface area contributed by atoms with E-state index in [0.29, 0.717) is 31.8 Å². The molecule has 0 bridgehead atoms. The number of benzene rings is 1. The molecule has 1 N–H and O–H groups in total. The molecular formula is C19H23N5O2. The first kappa shape index (κ1) is 17.8. The fourth-order valence-corrected chi connectivity index (χ4v) is 2.75. The summed E-state index contributed by atoms with van der Waals surface area (Å²) < 4.78 is 7.25. The Hall–Kier alpha value is -2.96. The maximum atomic E-state index is 12.1. The van der Waals surface area contributed by atoms with Crippen molar-refractivity contribution in [2.45, 2.75) is 32.6 Å². The largest absolute Gasteiger partial charge is 0.494 e. The van der Waals surface area contributed by atoms with Gasteiger partial charge in [0.2, 0.25) is 5.91 Å². The highest BCUT2D eigenvalue weighted by Crippen LogP contribution is 2.19. The number of ether oxygens (including phenoxy) is 1. The molecule has 0 fully saturated rings. The summed E-state index contributed by atoms with van der Waals surface area (Å²) in [5.41, 5.74) is 2.14. The molecule has 3 aromatic rings. The molecule has 0 unspecified atom stereocenters. The van der Waals surface area contributed by atoms with E-state index in [9.17, 15) is 4.79 Å². The number of rotatable bonds is 9. The molecule has 0 saturated heterocycles. The molecule has 136 valence electrons. The molecular weight excluding hydrogens is 330 g/mol. The fraction of sp³-hybridized carbons (Fsp3) is 0.368. The molecule has 0 atom stereocenters. The van der Waals surface area contributed by atoms with Gasteiger partial charge in [0.15, 0.2) is 0 Å². The summed E-state index contributed by atoms with van der Waals surface area (Å²) in [5, 5.41) is 7.04. The Balaban J connectivity index is 1.39. The number of carbonyl (C=O) groups is 1. The third-order valence-electron chi connectivity index (χ3n) is 4.05. The van der Waals surface area contributed by atoms with Crippen LogP contribution in [0.1, 0.15) is 30.9 Å². The van der Waals surface area contributed by atoms with E-state index in [0.717, 1.165) is 29.7 Å². The number of fused-ring (bicyclic) bond motifs is 1. The second-order valence-electron chi connectivity index (χ2n) is 5.96. The minimum atomic E-state index is 0.0566. The maximum absolute atomic E-state index is 12.1. The first-order chi connectivity index (χ1) is 12.8. The van der Waals surface area contributed by atoms with E-state index in [4.69, 9.17) is 4.74 Å². The Kier molecular flexibility index (Phi) is 6.14. The topological polar surface area (TPSA) is 81.4 Å². The second-order valence-corrected chi connectivity index (χ2v) is 5.96. The van der Waals surface area contributed by atoms with Crippen molar-refractivity contribution in [1.29, 1.82) is 0 Å². The van der Waals surface area contributed by atoms with Crippen LogP contribution < -0.4 is 10.1 Å². The molecule has 0 saturated carbocycles. The molecule has 0 aliphatic rings. The average molecular weight is 353 g/mol. The maximum Gasteiger partial charge on any atom is 0.252 e. The van der Waals surface area contributed by atoms with Gasteiger partial charge in [0.25, 0.3) is 5.78 Å². The highest BCUT2D eigenvalue weighted by atomic mass is 16.5. The van der Waals surface area contributed by atoms with Gasteiger partial charge >= 0.3 is 0 Å². The monoisotopic (exact) mass is 353 g/mol. The molecule has 0 spiro atoms. The number of hydrogen-bond donors (Lipinski definition) is 1. The van der Waals surface area contributed by atoms with Gasteiger partial charge in [-0.15, -0.1) is 0 Å². The van der Waals surface area contributed by atoms with Crippen molar-refractivity contribution in [1.82, 2.24) is 24.9 Å². The molecule has 7 heteroatoms. The van der Waals surface area contributed by atoms with Crippen LogP contribution in [0.3, 0.4) is 0 Å². The van der Waals surface area contributed by atoms with E-state index in [1.54, 1.807) is 10.7 Å². The van der Waals surface area contributed by atoms with E-state index >= 15 is 0 Å². The first-order valence-electron chi connectivity index (χ1n) is 8.88. The van der Waals surface area contributed by atoms with E-state index in [-0.39, 0.29) is 5.91 Å². The Labute approximate surface area is 152 Å². The molecule has 1 amide bonds. The van der Waals surface area contributed by atoms with Crippen molar-refractivity contribution in [3.8, 4) is 5.75 Å². The molecule has 26 heavy (non-hydrogen) atoms. The van der Waals surface area contributed by atoms with E-state index in [2.05, 4.69) is 20.4 Å². The first-order valence-corrected chi connectivity index (χ1v) is 8.88. The van der Waals surface area contributed by atoms with Gasteiger partial charge in [-0.25, -0.2) is 9.50 Å². The van der Waals surface area contributed by atoms with Crippen molar-refractivity contribution in [3.63, 3.8) is 0 Å². The molecule has 0 aliphatic heterocycles. The summed E-state index contributed by atoms with van der Waals surface area (Å²) in [6.45, 7) is 3.22. The van der Waals surface area contributed by atoms with Crippen LogP contribution in [0.4, 0.5) is 0 Å². The van der Waals surface area contributed by atoms with Gasteiger partial charge in [0.05, 0.1) is 6.61 Å². The average Bonchev–Trinajstić information content (AvgIpc) is 3.12. The van der Waals surface area contributed by atoms with Crippen LogP contribution in [-0.2, 0) is 17.6 Å². The van der Waals surface area contributed by atoms with Gasteiger partial charge in [-0.2, -0.15) is 10.1 Å². The van der Waals surface area contributed by atoms with Crippen LogP contribution in [-0.4, -0.2) is 38.6 Å². The standard InChI is InChI=1S/C19H23N5O2/c1-2-26-17-8-4-3-7-16(17)9-10-18(25)20-11-5-6-15-12-21-19-22-14-23-24(19)13-15/h3-4,7-8,12-14H,2,5-6,9-11H2,1H3,(H,20,25). The minimum absolute atomic E-state index is 0.0566. The van der Waals surface area contributed by atoms with Gasteiger partial charge < -0.3 is 10.1 Å². The molecule has 0 radical (unpaired) electrons. The number of carbonyl (C=O) groups excluding carboxylic acids is 1. The van der Waals surface area contributed by atoms with Crippen molar-refractivity contribution < 1.29 is 9.53 Å². The highest BCUT2D eigenvalue weighted by Gasteiger charge is 2.06. The zero-order chi connectivity index (χ0) is 18.2. The van der Waals surface area contributed by atoms with Crippen molar-refractivity contribution in [2.75, 3.05) is 13.2 Å². The quantitative estimate of drug-likeness (QED) is 0.597. The predicted octanol–water partition coefficient (Wildman–Crippen LogP) is 2.20. The Morgan fingerprint density at radius 1 is 1.23 bits per heavy atom.